The van der Waals surface area contributed by atoms with E-state index in [4.69, 9.17) is 15.6 Å². The van der Waals surface area contributed by atoms with Crippen LogP contribution >= 0.6 is 0 Å². The fourth-order valence-corrected chi connectivity index (χ4v) is 2.67. The van der Waals surface area contributed by atoms with Crippen molar-refractivity contribution in [2.24, 2.45) is 10.7 Å². The van der Waals surface area contributed by atoms with Gasteiger partial charge in [-0.15, -0.1) is 0 Å². The SMILES string of the molecule is NC1=NC(O)C2=C(N1)N(C1CC(O)C(CO)O1)C(=O)C2. The molecule has 0 saturated carbocycles. The second kappa shape index (κ2) is 4.70. The number of hydrogen-bond donors (Lipinski definition) is 5. The lowest BCUT2D eigenvalue weighted by Gasteiger charge is -2.29. The number of rotatable bonds is 2. The van der Waals surface area contributed by atoms with Gasteiger partial charge in [0.25, 0.3) is 0 Å². The van der Waals surface area contributed by atoms with Crippen molar-refractivity contribution in [3.05, 3.63) is 11.4 Å². The molecule has 1 saturated heterocycles. The Morgan fingerprint density at radius 2 is 2.25 bits per heavy atom. The average molecular weight is 284 g/mol. The van der Waals surface area contributed by atoms with Crippen molar-refractivity contribution < 1.29 is 24.9 Å². The van der Waals surface area contributed by atoms with E-state index < -0.39 is 24.7 Å². The number of nitrogens with two attached hydrogens (primary N) is 1. The van der Waals surface area contributed by atoms with Crippen LogP contribution in [0.4, 0.5) is 0 Å². The summed E-state index contributed by atoms with van der Waals surface area (Å²) >= 11 is 0. The quantitative estimate of drug-likeness (QED) is 0.367. The molecule has 3 aliphatic heterocycles. The molecule has 4 unspecified atom stereocenters. The minimum absolute atomic E-state index is 0.00760. The predicted octanol–water partition coefficient (Wildman–Crippen LogP) is -2.87. The summed E-state index contributed by atoms with van der Waals surface area (Å²) in [5, 5.41) is 31.4. The van der Waals surface area contributed by atoms with Crippen molar-refractivity contribution in [1.29, 1.82) is 0 Å². The van der Waals surface area contributed by atoms with Crippen molar-refractivity contribution >= 4 is 11.9 Å². The normalized spacial score (nSPS) is 37.0. The number of guanidine groups is 1. The summed E-state index contributed by atoms with van der Waals surface area (Å²) in [7, 11) is 0. The van der Waals surface area contributed by atoms with Gasteiger partial charge in [-0.1, -0.05) is 0 Å². The van der Waals surface area contributed by atoms with Crippen LogP contribution in [0.5, 0.6) is 0 Å². The van der Waals surface area contributed by atoms with Gasteiger partial charge in [-0.3, -0.25) is 9.69 Å². The summed E-state index contributed by atoms with van der Waals surface area (Å²) < 4.78 is 5.47. The van der Waals surface area contributed by atoms with Crippen LogP contribution in [0.1, 0.15) is 12.8 Å². The van der Waals surface area contributed by atoms with Gasteiger partial charge in [0.05, 0.1) is 19.1 Å². The number of amides is 1. The summed E-state index contributed by atoms with van der Waals surface area (Å²) in [5.74, 6) is 0.0845. The van der Waals surface area contributed by atoms with Crippen molar-refractivity contribution in [2.45, 2.75) is 37.5 Å². The molecule has 6 N–H and O–H groups in total. The van der Waals surface area contributed by atoms with Crippen molar-refractivity contribution in [1.82, 2.24) is 10.2 Å². The van der Waals surface area contributed by atoms with E-state index >= 15 is 0 Å². The van der Waals surface area contributed by atoms with E-state index in [0.717, 1.165) is 0 Å². The van der Waals surface area contributed by atoms with Crippen LogP contribution in [-0.2, 0) is 9.53 Å². The molecule has 0 aromatic carbocycles. The first kappa shape index (κ1) is 13.3. The number of nitrogens with zero attached hydrogens (tertiary/aromatic N) is 2. The molecule has 9 nitrogen and oxygen atoms in total. The van der Waals surface area contributed by atoms with Crippen LogP contribution < -0.4 is 11.1 Å². The molecular weight excluding hydrogens is 268 g/mol. The molecule has 3 heterocycles. The highest BCUT2D eigenvalue weighted by atomic mass is 16.5. The summed E-state index contributed by atoms with van der Waals surface area (Å²) in [4.78, 5) is 17.2. The Labute approximate surface area is 114 Å². The molecule has 3 rings (SSSR count). The highest BCUT2D eigenvalue weighted by Gasteiger charge is 2.45. The molecular formula is C11H16N4O5. The van der Waals surface area contributed by atoms with Crippen molar-refractivity contribution in [3.8, 4) is 0 Å². The minimum Gasteiger partial charge on any atom is -0.394 e. The number of carbonyl (C=O) groups is 1. The van der Waals surface area contributed by atoms with Gasteiger partial charge in [-0.2, -0.15) is 0 Å². The monoisotopic (exact) mass is 284 g/mol. The molecule has 0 radical (unpaired) electrons. The lowest BCUT2D eigenvalue weighted by Crippen LogP contribution is -2.46. The summed E-state index contributed by atoms with van der Waals surface area (Å²) in [6.07, 6.45) is -3.23. The molecule has 0 aromatic rings. The van der Waals surface area contributed by atoms with Gasteiger partial charge < -0.3 is 31.1 Å². The van der Waals surface area contributed by atoms with E-state index in [9.17, 15) is 15.0 Å². The number of aliphatic hydroxyl groups excluding tert-OH is 3. The third kappa shape index (κ3) is 1.95. The minimum atomic E-state index is -1.15. The van der Waals surface area contributed by atoms with Crippen LogP contribution in [0, 0.1) is 0 Å². The van der Waals surface area contributed by atoms with Crippen LogP contribution in [0.15, 0.2) is 16.4 Å². The summed E-state index contributed by atoms with van der Waals surface area (Å²) in [5.41, 5.74) is 5.97. The Kier molecular flexibility index (Phi) is 3.13. The van der Waals surface area contributed by atoms with Crippen LogP contribution in [0.3, 0.4) is 0 Å². The van der Waals surface area contributed by atoms with E-state index in [0.29, 0.717) is 11.4 Å². The molecule has 3 aliphatic rings. The van der Waals surface area contributed by atoms with Crippen LogP contribution in [0.25, 0.3) is 0 Å². The molecule has 0 bridgehead atoms. The number of ether oxygens (including phenoxy) is 1. The maximum absolute atomic E-state index is 12.1. The van der Waals surface area contributed by atoms with Gasteiger partial charge in [0.2, 0.25) is 5.91 Å². The van der Waals surface area contributed by atoms with Gasteiger partial charge in [0, 0.05) is 12.0 Å². The maximum atomic E-state index is 12.1. The highest BCUT2D eigenvalue weighted by molar-refractivity contribution is 5.89. The van der Waals surface area contributed by atoms with Crippen molar-refractivity contribution in [2.75, 3.05) is 6.61 Å². The van der Waals surface area contributed by atoms with E-state index in [-0.39, 0.29) is 31.3 Å². The largest absolute Gasteiger partial charge is 0.394 e. The Bertz CT molecular complexity index is 505. The zero-order valence-electron chi connectivity index (χ0n) is 10.6. The van der Waals surface area contributed by atoms with Crippen molar-refractivity contribution in [3.63, 3.8) is 0 Å². The topological polar surface area (TPSA) is 141 Å². The predicted molar refractivity (Wildman–Crippen MR) is 65.6 cm³/mol. The first-order valence-electron chi connectivity index (χ1n) is 6.29. The second-order valence-electron chi connectivity index (χ2n) is 4.94. The van der Waals surface area contributed by atoms with Gasteiger partial charge in [-0.05, 0) is 0 Å². The van der Waals surface area contributed by atoms with E-state index in [2.05, 4.69) is 10.3 Å². The Hall–Kier alpha value is -1.68. The van der Waals surface area contributed by atoms with Gasteiger partial charge in [0.1, 0.15) is 18.2 Å². The third-order valence-electron chi connectivity index (χ3n) is 3.65. The fraction of sp³-hybridized carbons (Fsp3) is 0.636. The van der Waals surface area contributed by atoms with E-state index in [1.165, 1.54) is 4.90 Å². The first-order chi connectivity index (χ1) is 9.51. The molecule has 0 aliphatic carbocycles. The van der Waals surface area contributed by atoms with E-state index in [1.54, 1.807) is 0 Å². The number of aliphatic imine (C=N–C) groups is 1. The Balaban J connectivity index is 1.85. The molecule has 0 spiro atoms. The zero-order chi connectivity index (χ0) is 14.4. The third-order valence-corrected chi connectivity index (χ3v) is 3.65. The molecule has 20 heavy (non-hydrogen) atoms. The lowest BCUT2D eigenvalue weighted by atomic mass is 10.2. The number of carbonyl (C=O) groups excluding carboxylic acids is 1. The smallest absolute Gasteiger partial charge is 0.234 e. The number of nitrogens with one attached hydrogen (secondary N) is 1. The molecule has 1 amide bonds. The molecule has 0 aromatic heterocycles. The first-order valence-corrected chi connectivity index (χ1v) is 6.29. The Morgan fingerprint density at radius 3 is 2.90 bits per heavy atom. The molecule has 110 valence electrons. The van der Waals surface area contributed by atoms with Gasteiger partial charge in [0.15, 0.2) is 12.2 Å². The average Bonchev–Trinajstić information content (AvgIpc) is 2.89. The van der Waals surface area contributed by atoms with Gasteiger partial charge >= 0.3 is 0 Å². The molecule has 4 atom stereocenters. The number of aliphatic hydroxyl groups is 3. The summed E-state index contributed by atoms with van der Waals surface area (Å²) in [6.45, 7) is -0.328. The second-order valence-corrected chi connectivity index (χ2v) is 4.94. The molecule has 1 fully saturated rings. The Morgan fingerprint density at radius 1 is 1.50 bits per heavy atom. The highest BCUT2D eigenvalue weighted by Crippen LogP contribution is 2.34. The van der Waals surface area contributed by atoms with E-state index in [1.807, 2.05) is 0 Å². The maximum Gasteiger partial charge on any atom is 0.234 e. The number of hydrogen-bond acceptors (Lipinski definition) is 8. The zero-order valence-corrected chi connectivity index (χ0v) is 10.6. The fourth-order valence-electron chi connectivity index (χ4n) is 2.67. The van der Waals surface area contributed by atoms with Crippen LogP contribution in [-0.4, -0.2) is 63.4 Å². The molecule has 9 heteroatoms. The standard InChI is InChI=1S/C11H16N4O5/c12-11-13-9-4(10(19)14-11)1-7(18)15(9)8-2-5(17)6(3-16)20-8/h5-6,8,10,16-17,19H,1-3H2,(H3,12,13,14). The van der Waals surface area contributed by atoms with Gasteiger partial charge in [-0.25, -0.2) is 4.99 Å². The lowest BCUT2D eigenvalue weighted by molar-refractivity contribution is -0.140. The van der Waals surface area contributed by atoms with Crippen LogP contribution in [0.2, 0.25) is 0 Å². The summed E-state index contributed by atoms with van der Waals surface area (Å²) in [6, 6.07) is 0.